The molecule has 0 bridgehead atoms. The minimum atomic E-state index is -0.511. The van der Waals surface area contributed by atoms with Gasteiger partial charge < -0.3 is 10.6 Å². The van der Waals surface area contributed by atoms with Crippen LogP contribution in [0.2, 0.25) is 0 Å². The topological polar surface area (TPSA) is 61.4 Å². The smallest absolute Gasteiger partial charge is 0.242 e. The molecule has 1 rings (SSSR count). The number of thioether (sulfide) groups is 1. The minimum absolute atomic E-state index is 0.143. The zero-order chi connectivity index (χ0) is 17.2. The Morgan fingerprint density at radius 3 is 2.48 bits per heavy atom. The molecular weight excluding hydrogens is 310 g/mol. The van der Waals surface area contributed by atoms with Crippen molar-refractivity contribution >= 4 is 23.6 Å². The maximum Gasteiger partial charge on any atom is 0.242 e. The molecule has 23 heavy (non-hydrogen) atoms. The number of carbonyl (C=O) groups is 2. The van der Waals surface area contributed by atoms with Crippen LogP contribution in [0.25, 0.3) is 0 Å². The van der Waals surface area contributed by atoms with Gasteiger partial charge in [-0.15, -0.1) is 11.8 Å². The molecule has 1 atom stereocenters. The highest BCUT2D eigenvalue weighted by atomic mass is 32.2. The molecule has 0 saturated carbocycles. The average molecular weight is 337 g/mol. The highest BCUT2D eigenvalue weighted by molar-refractivity contribution is 7.98. The SMILES string of the molecule is CCCNC(=O)[C@H](C)NC(=O)CN(C)Cc1ccc(SC)cc1. The average Bonchev–Trinajstić information content (AvgIpc) is 2.52. The molecule has 2 amide bonds. The Morgan fingerprint density at radius 1 is 1.26 bits per heavy atom. The first-order valence-corrected chi connectivity index (χ1v) is 9.07. The summed E-state index contributed by atoms with van der Waals surface area (Å²) in [6.45, 7) is 5.27. The third kappa shape index (κ3) is 7.52. The van der Waals surface area contributed by atoms with E-state index in [1.165, 1.54) is 4.90 Å². The number of nitrogens with one attached hydrogen (secondary N) is 2. The van der Waals surface area contributed by atoms with Crippen molar-refractivity contribution in [2.24, 2.45) is 0 Å². The Balaban J connectivity index is 2.38. The number of benzene rings is 1. The molecule has 1 aromatic carbocycles. The van der Waals surface area contributed by atoms with E-state index >= 15 is 0 Å². The molecule has 1 aromatic rings. The molecule has 0 radical (unpaired) electrons. The van der Waals surface area contributed by atoms with Crippen LogP contribution in [0, 0.1) is 0 Å². The van der Waals surface area contributed by atoms with Crippen LogP contribution >= 0.6 is 11.8 Å². The van der Waals surface area contributed by atoms with Crippen molar-refractivity contribution in [3.63, 3.8) is 0 Å². The van der Waals surface area contributed by atoms with Crippen LogP contribution in [0.3, 0.4) is 0 Å². The molecule has 2 N–H and O–H groups in total. The van der Waals surface area contributed by atoms with Crippen LogP contribution in [0.15, 0.2) is 29.2 Å². The lowest BCUT2D eigenvalue weighted by molar-refractivity contribution is -0.129. The number of rotatable bonds is 9. The number of hydrogen-bond donors (Lipinski definition) is 2. The van der Waals surface area contributed by atoms with Gasteiger partial charge in [-0.1, -0.05) is 19.1 Å². The normalized spacial score (nSPS) is 12.0. The fourth-order valence-electron chi connectivity index (χ4n) is 2.10. The van der Waals surface area contributed by atoms with Gasteiger partial charge in [0.2, 0.25) is 11.8 Å². The first-order valence-electron chi connectivity index (χ1n) is 7.84. The summed E-state index contributed by atoms with van der Waals surface area (Å²) < 4.78 is 0. The minimum Gasteiger partial charge on any atom is -0.354 e. The predicted molar refractivity (Wildman–Crippen MR) is 95.5 cm³/mol. The van der Waals surface area contributed by atoms with Gasteiger partial charge in [0, 0.05) is 18.0 Å². The molecule has 6 heteroatoms. The van der Waals surface area contributed by atoms with Crippen LogP contribution in [0.5, 0.6) is 0 Å². The van der Waals surface area contributed by atoms with Crippen molar-refractivity contribution in [3.8, 4) is 0 Å². The van der Waals surface area contributed by atoms with E-state index in [4.69, 9.17) is 0 Å². The fraction of sp³-hybridized carbons (Fsp3) is 0.529. The number of likely N-dealkylation sites (N-methyl/N-ethyl adjacent to an activating group) is 1. The quantitative estimate of drug-likeness (QED) is 0.676. The monoisotopic (exact) mass is 337 g/mol. The maximum atomic E-state index is 12.0. The Hall–Kier alpha value is -1.53. The lowest BCUT2D eigenvalue weighted by Crippen LogP contribution is -2.47. The third-order valence-corrected chi connectivity index (χ3v) is 4.09. The first-order chi connectivity index (χ1) is 11.0. The van der Waals surface area contributed by atoms with E-state index in [1.54, 1.807) is 18.7 Å². The fourth-order valence-corrected chi connectivity index (χ4v) is 2.51. The molecule has 0 aliphatic heterocycles. The van der Waals surface area contributed by atoms with Crippen LogP contribution in [0.4, 0.5) is 0 Å². The van der Waals surface area contributed by atoms with Crippen LogP contribution < -0.4 is 10.6 Å². The second kappa shape index (κ2) is 10.3. The van der Waals surface area contributed by atoms with Crippen molar-refractivity contribution in [1.29, 1.82) is 0 Å². The number of hydrogen-bond acceptors (Lipinski definition) is 4. The molecule has 0 unspecified atom stereocenters. The summed E-state index contributed by atoms with van der Waals surface area (Å²) in [4.78, 5) is 26.9. The van der Waals surface area contributed by atoms with Crippen molar-refractivity contribution < 1.29 is 9.59 Å². The van der Waals surface area contributed by atoms with Crippen LogP contribution in [-0.4, -0.2) is 49.1 Å². The Kier molecular flexibility index (Phi) is 8.73. The summed E-state index contributed by atoms with van der Waals surface area (Å²) in [6.07, 6.45) is 2.92. The van der Waals surface area contributed by atoms with Gasteiger partial charge in [-0.3, -0.25) is 14.5 Å². The van der Waals surface area contributed by atoms with Crippen molar-refractivity contribution in [1.82, 2.24) is 15.5 Å². The highest BCUT2D eigenvalue weighted by Gasteiger charge is 2.15. The van der Waals surface area contributed by atoms with Gasteiger partial charge in [0.25, 0.3) is 0 Å². The number of nitrogens with zero attached hydrogens (tertiary/aromatic N) is 1. The van der Waals surface area contributed by atoms with Gasteiger partial charge in [0.05, 0.1) is 6.54 Å². The van der Waals surface area contributed by atoms with Crippen molar-refractivity contribution in [3.05, 3.63) is 29.8 Å². The van der Waals surface area contributed by atoms with E-state index in [1.807, 2.05) is 25.1 Å². The molecule has 0 spiro atoms. The molecule has 0 saturated heterocycles. The zero-order valence-corrected chi connectivity index (χ0v) is 15.2. The predicted octanol–water partition coefficient (Wildman–Crippen LogP) is 1.87. The van der Waals surface area contributed by atoms with E-state index in [0.29, 0.717) is 13.1 Å². The molecule has 0 aromatic heterocycles. The van der Waals surface area contributed by atoms with Gasteiger partial charge >= 0.3 is 0 Å². The summed E-state index contributed by atoms with van der Waals surface area (Å²) in [6, 6.07) is 7.79. The molecule has 0 aliphatic rings. The molecule has 5 nitrogen and oxygen atoms in total. The summed E-state index contributed by atoms with van der Waals surface area (Å²) in [5.74, 6) is -0.289. The maximum absolute atomic E-state index is 12.0. The second-order valence-electron chi connectivity index (χ2n) is 5.60. The third-order valence-electron chi connectivity index (χ3n) is 3.35. The van der Waals surface area contributed by atoms with Crippen molar-refractivity contribution in [2.45, 2.75) is 37.8 Å². The number of carbonyl (C=O) groups excluding carboxylic acids is 2. The summed E-state index contributed by atoms with van der Waals surface area (Å²) in [7, 11) is 1.89. The standard InChI is InChI=1S/C17H27N3O2S/c1-5-10-18-17(22)13(2)19-16(21)12-20(3)11-14-6-8-15(23-4)9-7-14/h6-9,13H,5,10-12H2,1-4H3,(H,18,22)(H,19,21)/t13-/m0/s1. The lowest BCUT2D eigenvalue weighted by atomic mass is 10.2. The van der Waals surface area contributed by atoms with Gasteiger partial charge in [-0.25, -0.2) is 0 Å². The largest absolute Gasteiger partial charge is 0.354 e. The van der Waals surface area contributed by atoms with Gasteiger partial charge in [0.1, 0.15) is 6.04 Å². The summed E-state index contributed by atoms with van der Waals surface area (Å²) in [5, 5.41) is 5.50. The highest BCUT2D eigenvalue weighted by Crippen LogP contribution is 2.15. The van der Waals surface area contributed by atoms with E-state index in [2.05, 4.69) is 34.9 Å². The van der Waals surface area contributed by atoms with Crippen molar-refractivity contribution in [2.75, 3.05) is 26.4 Å². The molecular formula is C17H27N3O2S. The van der Waals surface area contributed by atoms with E-state index in [9.17, 15) is 9.59 Å². The van der Waals surface area contributed by atoms with Crippen LogP contribution in [-0.2, 0) is 16.1 Å². The Labute approximate surface area is 143 Å². The first kappa shape index (κ1) is 19.5. The van der Waals surface area contributed by atoms with E-state index in [-0.39, 0.29) is 18.4 Å². The lowest BCUT2D eigenvalue weighted by Gasteiger charge is -2.19. The Bertz CT molecular complexity index is 505. The summed E-state index contributed by atoms with van der Waals surface area (Å²) in [5.41, 5.74) is 1.16. The molecule has 128 valence electrons. The zero-order valence-electron chi connectivity index (χ0n) is 14.4. The molecule has 0 heterocycles. The van der Waals surface area contributed by atoms with Gasteiger partial charge in [0.15, 0.2) is 0 Å². The number of amides is 2. The Morgan fingerprint density at radius 2 is 1.91 bits per heavy atom. The van der Waals surface area contributed by atoms with Gasteiger partial charge in [-0.2, -0.15) is 0 Å². The molecule has 0 aliphatic carbocycles. The molecule has 0 fully saturated rings. The summed E-state index contributed by atoms with van der Waals surface area (Å²) >= 11 is 1.71. The van der Waals surface area contributed by atoms with E-state index in [0.717, 1.165) is 12.0 Å². The van der Waals surface area contributed by atoms with Crippen LogP contribution in [0.1, 0.15) is 25.8 Å². The second-order valence-corrected chi connectivity index (χ2v) is 6.48. The van der Waals surface area contributed by atoms with Gasteiger partial charge in [-0.05, 0) is 44.3 Å². The van der Waals surface area contributed by atoms with E-state index < -0.39 is 6.04 Å².